The van der Waals surface area contributed by atoms with Crippen LogP contribution in [0.2, 0.25) is 0 Å². The second-order valence-corrected chi connectivity index (χ2v) is 7.79. The van der Waals surface area contributed by atoms with E-state index in [9.17, 15) is 5.11 Å². The highest BCUT2D eigenvalue weighted by Gasteiger charge is 2.34. The molecule has 1 atom stereocenters. The molecule has 0 saturated heterocycles. The van der Waals surface area contributed by atoms with E-state index < -0.39 is 5.60 Å². The first-order chi connectivity index (χ1) is 11.4. The lowest BCUT2D eigenvalue weighted by Crippen LogP contribution is -2.38. The minimum atomic E-state index is -0.546. The molecule has 4 heteroatoms. The van der Waals surface area contributed by atoms with Crippen LogP contribution in [0.4, 0.5) is 0 Å². The van der Waals surface area contributed by atoms with Gasteiger partial charge in [-0.2, -0.15) is 0 Å². The summed E-state index contributed by atoms with van der Waals surface area (Å²) in [4.78, 5) is 0. The monoisotopic (exact) mass is 395 g/mol. The number of ether oxygens (including phenoxy) is 1. The van der Waals surface area contributed by atoms with Crippen LogP contribution < -0.4 is 5.32 Å². The molecular weight excluding hydrogens is 366 g/mol. The number of hydrogen-bond donors (Lipinski definition) is 2. The summed E-state index contributed by atoms with van der Waals surface area (Å²) >= 11 is 3.46. The molecule has 0 aromatic heterocycles. The number of halogens is 1. The number of benzene rings is 1. The maximum atomic E-state index is 10.8. The molecule has 0 heterocycles. The molecule has 1 saturated carbocycles. The Morgan fingerprint density at radius 3 is 2.58 bits per heavy atom. The topological polar surface area (TPSA) is 41.5 Å². The van der Waals surface area contributed by atoms with Crippen molar-refractivity contribution in [2.75, 3.05) is 13.2 Å². The van der Waals surface area contributed by atoms with Gasteiger partial charge in [-0.05, 0) is 70.2 Å². The summed E-state index contributed by atoms with van der Waals surface area (Å²) in [5, 5.41) is 14.3. The lowest BCUT2D eigenvalue weighted by atomic mass is 9.76. The Morgan fingerprint density at radius 1 is 1.38 bits per heavy atom. The van der Waals surface area contributed by atoms with Crippen molar-refractivity contribution in [1.82, 2.24) is 5.32 Å². The van der Waals surface area contributed by atoms with Crippen molar-refractivity contribution in [1.29, 1.82) is 0 Å². The van der Waals surface area contributed by atoms with Crippen molar-refractivity contribution in [3.63, 3.8) is 0 Å². The van der Waals surface area contributed by atoms with Gasteiger partial charge in [0.2, 0.25) is 0 Å². The van der Waals surface area contributed by atoms with E-state index in [4.69, 9.17) is 4.74 Å². The number of rotatable bonds is 8. The van der Waals surface area contributed by atoms with Gasteiger partial charge < -0.3 is 15.2 Å². The minimum absolute atomic E-state index is 0.288. The zero-order chi connectivity index (χ0) is 17.6. The molecule has 0 bridgehead atoms. The first-order valence-electron chi connectivity index (χ1n) is 8.96. The standard InChI is InChI=1S/C20H30BrNO2/c1-4-24-16(3)18-9-11-20(23,12-10-18)13-14-22-15(2)17-5-7-19(21)8-6-17/h5-8,15,18,22-23H,3-4,9-14H2,1-2H3. The van der Waals surface area contributed by atoms with Crippen molar-refractivity contribution in [3.05, 3.63) is 46.6 Å². The van der Waals surface area contributed by atoms with E-state index in [1.165, 1.54) is 5.56 Å². The van der Waals surface area contributed by atoms with E-state index in [2.05, 4.69) is 59.0 Å². The molecule has 1 aromatic rings. The van der Waals surface area contributed by atoms with Crippen molar-refractivity contribution in [2.45, 2.75) is 57.6 Å². The quantitative estimate of drug-likeness (QED) is 0.611. The number of hydrogen-bond acceptors (Lipinski definition) is 3. The summed E-state index contributed by atoms with van der Waals surface area (Å²) in [6.07, 6.45) is 4.40. The highest BCUT2D eigenvalue weighted by molar-refractivity contribution is 9.10. The molecule has 2 rings (SSSR count). The van der Waals surface area contributed by atoms with Crippen LogP contribution in [0.25, 0.3) is 0 Å². The third-order valence-electron chi connectivity index (χ3n) is 5.11. The highest BCUT2D eigenvalue weighted by Crippen LogP contribution is 2.37. The van der Waals surface area contributed by atoms with Crippen molar-refractivity contribution in [3.8, 4) is 0 Å². The third-order valence-corrected chi connectivity index (χ3v) is 5.64. The van der Waals surface area contributed by atoms with Crippen LogP contribution >= 0.6 is 15.9 Å². The molecule has 1 unspecified atom stereocenters. The van der Waals surface area contributed by atoms with Crippen molar-refractivity contribution < 1.29 is 9.84 Å². The molecule has 3 nitrogen and oxygen atoms in total. The summed E-state index contributed by atoms with van der Waals surface area (Å²) in [6.45, 7) is 9.68. The van der Waals surface area contributed by atoms with Gasteiger partial charge in [0.1, 0.15) is 0 Å². The molecule has 1 aliphatic carbocycles. The molecule has 134 valence electrons. The van der Waals surface area contributed by atoms with Gasteiger partial charge in [0.25, 0.3) is 0 Å². The van der Waals surface area contributed by atoms with Gasteiger partial charge in [0.05, 0.1) is 18.0 Å². The molecule has 1 fully saturated rings. The predicted octanol–water partition coefficient (Wildman–Crippen LogP) is 4.96. The zero-order valence-electron chi connectivity index (χ0n) is 14.9. The Hall–Kier alpha value is -0.840. The Balaban J connectivity index is 1.74. The maximum absolute atomic E-state index is 10.8. The van der Waals surface area contributed by atoms with Crippen LogP contribution in [0.5, 0.6) is 0 Å². The fourth-order valence-electron chi connectivity index (χ4n) is 3.42. The molecule has 1 aliphatic rings. The molecule has 2 N–H and O–H groups in total. The van der Waals surface area contributed by atoms with Crippen molar-refractivity contribution in [2.24, 2.45) is 5.92 Å². The summed E-state index contributed by atoms with van der Waals surface area (Å²) in [7, 11) is 0. The summed E-state index contributed by atoms with van der Waals surface area (Å²) in [6, 6.07) is 8.67. The van der Waals surface area contributed by atoms with E-state index in [1.807, 2.05) is 6.92 Å². The first-order valence-corrected chi connectivity index (χ1v) is 9.75. The Morgan fingerprint density at radius 2 is 2.00 bits per heavy atom. The number of aliphatic hydroxyl groups is 1. The average Bonchev–Trinajstić information content (AvgIpc) is 2.56. The zero-order valence-corrected chi connectivity index (χ0v) is 16.4. The van der Waals surface area contributed by atoms with Crippen LogP contribution in [-0.4, -0.2) is 23.9 Å². The summed E-state index contributed by atoms with van der Waals surface area (Å²) in [5.74, 6) is 1.29. The fraction of sp³-hybridized carbons (Fsp3) is 0.600. The van der Waals surface area contributed by atoms with Crippen molar-refractivity contribution >= 4 is 15.9 Å². The fourth-order valence-corrected chi connectivity index (χ4v) is 3.69. The van der Waals surface area contributed by atoms with E-state index in [0.29, 0.717) is 12.5 Å². The third kappa shape index (κ3) is 5.61. The van der Waals surface area contributed by atoms with Gasteiger partial charge in [-0.1, -0.05) is 34.6 Å². The lowest BCUT2D eigenvalue weighted by Gasteiger charge is -2.36. The molecule has 24 heavy (non-hydrogen) atoms. The van der Waals surface area contributed by atoms with E-state index in [0.717, 1.165) is 48.9 Å². The average molecular weight is 396 g/mol. The van der Waals surface area contributed by atoms with Gasteiger partial charge in [0.15, 0.2) is 0 Å². The number of allylic oxidation sites excluding steroid dienone is 1. The van der Waals surface area contributed by atoms with E-state index in [-0.39, 0.29) is 6.04 Å². The summed E-state index contributed by atoms with van der Waals surface area (Å²) in [5.41, 5.74) is 0.719. The molecule has 1 aromatic carbocycles. The lowest BCUT2D eigenvalue weighted by molar-refractivity contribution is -0.0184. The number of nitrogens with one attached hydrogen (secondary N) is 1. The van der Waals surface area contributed by atoms with Crippen LogP contribution in [0.1, 0.15) is 57.6 Å². The van der Waals surface area contributed by atoms with Gasteiger partial charge in [-0.15, -0.1) is 0 Å². The van der Waals surface area contributed by atoms with E-state index in [1.54, 1.807) is 0 Å². The smallest absolute Gasteiger partial charge is 0.0918 e. The second kappa shape index (κ2) is 9.02. The normalized spacial score (nSPS) is 25.2. The Labute approximate surface area is 154 Å². The van der Waals surface area contributed by atoms with Crippen LogP contribution in [0, 0.1) is 5.92 Å². The summed E-state index contributed by atoms with van der Waals surface area (Å²) < 4.78 is 6.62. The van der Waals surface area contributed by atoms with Gasteiger partial charge in [-0.25, -0.2) is 0 Å². The van der Waals surface area contributed by atoms with Gasteiger partial charge in [0, 0.05) is 16.4 Å². The largest absolute Gasteiger partial charge is 0.499 e. The Bertz CT molecular complexity index is 521. The second-order valence-electron chi connectivity index (χ2n) is 6.88. The minimum Gasteiger partial charge on any atom is -0.499 e. The van der Waals surface area contributed by atoms with Crippen LogP contribution in [0.15, 0.2) is 41.1 Å². The highest BCUT2D eigenvalue weighted by atomic mass is 79.9. The van der Waals surface area contributed by atoms with Gasteiger partial charge in [-0.3, -0.25) is 0 Å². The molecule has 0 spiro atoms. The Kier molecular flexibility index (Phi) is 7.33. The predicted molar refractivity (Wildman–Crippen MR) is 103 cm³/mol. The molecular formula is C20H30BrNO2. The van der Waals surface area contributed by atoms with Crippen LogP contribution in [0.3, 0.4) is 0 Å². The SMILES string of the molecule is C=C(OCC)C1CCC(O)(CCNC(C)c2ccc(Br)cc2)CC1. The van der Waals surface area contributed by atoms with E-state index >= 15 is 0 Å². The molecule has 0 radical (unpaired) electrons. The molecule has 0 amide bonds. The van der Waals surface area contributed by atoms with Gasteiger partial charge >= 0.3 is 0 Å². The maximum Gasteiger partial charge on any atom is 0.0918 e. The first kappa shape index (κ1) is 19.5. The molecule has 0 aliphatic heterocycles. The van der Waals surface area contributed by atoms with Crippen LogP contribution in [-0.2, 0) is 4.74 Å².